The van der Waals surface area contributed by atoms with Crippen molar-refractivity contribution in [2.24, 2.45) is 7.05 Å². The Kier molecular flexibility index (Phi) is 3.85. The molecule has 6 nitrogen and oxygen atoms in total. The molecule has 0 saturated carbocycles. The number of benzene rings is 1. The molecule has 0 unspecified atom stereocenters. The molecule has 0 fully saturated rings. The summed E-state index contributed by atoms with van der Waals surface area (Å²) < 4.78 is 52.0. The van der Waals surface area contributed by atoms with Crippen molar-refractivity contribution in [1.29, 1.82) is 0 Å². The second kappa shape index (κ2) is 5.38. The van der Waals surface area contributed by atoms with E-state index in [2.05, 4.69) is 0 Å². The third-order valence-corrected chi connectivity index (χ3v) is 3.05. The Morgan fingerprint density at radius 3 is 2.30 bits per heavy atom. The monoisotopic (exact) mass is 332 g/mol. The number of nitrogens with zero attached hydrogens (tertiary/aromatic N) is 2. The van der Waals surface area contributed by atoms with Gasteiger partial charge in [-0.15, -0.1) is 0 Å². The molecule has 10 heteroatoms. The van der Waals surface area contributed by atoms with Crippen LogP contribution in [0.25, 0.3) is 5.69 Å². The van der Waals surface area contributed by atoms with Crippen LogP contribution in [0.15, 0.2) is 33.9 Å². The molecule has 122 valence electrons. The first-order valence-electron chi connectivity index (χ1n) is 5.97. The van der Waals surface area contributed by atoms with E-state index in [4.69, 9.17) is 5.11 Å². The molecule has 0 aliphatic carbocycles. The van der Waals surface area contributed by atoms with Crippen LogP contribution >= 0.6 is 0 Å². The second-order valence-electron chi connectivity index (χ2n) is 4.51. The summed E-state index contributed by atoms with van der Waals surface area (Å²) in [5.41, 5.74) is -5.29. The largest absolute Gasteiger partial charge is 0.478 e. The molecule has 0 spiro atoms. The molecular formula is C13H8F4N2O4. The molecule has 23 heavy (non-hydrogen) atoms. The lowest BCUT2D eigenvalue weighted by atomic mass is 10.2. The molecule has 2 aromatic rings. The number of aromatic carboxylic acids is 1. The second-order valence-corrected chi connectivity index (χ2v) is 4.51. The fourth-order valence-electron chi connectivity index (χ4n) is 1.95. The van der Waals surface area contributed by atoms with Crippen LogP contribution in [0.4, 0.5) is 17.6 Å². The van der Waals surface area contributed by atoms with Gasteiger partial charge in [-0.3, -0.25) is 9.36 Å². The van der Waals surface area contributed by atoms with Gasteiger partial charge >= 0.3 is 17.8 Å². The first kappa shape index (κ1) is 16.5. The summed E-state index contributed by atoms with van der Waals surface area (Å²) in [6, 6.07) is 2.50. The molecule has 0 amide bonds. The summed E-state index contributed by atoms with van der Waals surface area (Å²) in [4.78, 5) is 34.7. The molecule has 1 aromatic heterocycles. The van der Waals surface area contributed by atoms with Crippen molar-refractivity contribution in [2.75, 3.05) is 0 Å². The Balaban J connectivity index is 2.79. The highest BCUT2D eigenvalue weighted by atomic mass is 19.4. The van der Waals surface area contributed by atoms with E-state index < -0.39 is 40.5 Å². The van der Waals surface area contributed by atoms with Gasteiger partial charge in [0, 0.05) is 13.1 Å². The number of carbonyl (C=O) groups is 1. The van der Waals surface area contributed by atoms with Crippen molar-refractivity contribution >= 4 is 5.97 Å². The number of carboxylic acid groups (broad SMARTS) is 1. The van der Waals surface area contributed by atoms with Crippen LogP contribution < -0.4 is 11.2 Å². The van der Waals surface area contributed by atoms with Crippen molar-refractivity contribution in [3.63, 3.8) is 0 Å². The number of carboxylic acids is 1. The standard InChI is InChI=1S/C13H8F4N2O4/c1-18-9(13(15,16)17)5-10(20)19(12(18)23)6-2-3-8(14)7(4-6)11(21)22/h2-5H,1H3,(H,21,22). The molecule has 0 bridgehead atoms. The minimum atomic E-state index is -4.92. The molecular weight excluding hydrogens is 324 g/mol. The number of alkyl halides is 3. The third kappa shape index (κ3) is 2.87. The third-order valence-electron chi connectivity index (χ3n) is 3.05. The van der Waals surface area contributed by atoms with Crippen molar-refractivity contribution in [1.82, 2.24) is 9.13 Å². The molecule has 1 heterocycles. The van der Waals surface area contributed by atoms with Crippen LogP contribution in [-0.2, 0) is 13.2 Å². The van der Waals surface area contributed by atoms with E-state index in [9.17, 15) is 31.9 Å². The van der Waals surface area contributed by atoms with E-state index in [0.29, 0.717) is 16.7 Å². The van der Waals surface area contributed by atoms with E-state index in [-0.39, 0.29) is 16.3 Å². The van der Waals surface area contributed by atoms with Crippen molar-refractivity contribution in [3.05, 3.63) is 62.2 Å². The smallest absolute Gasteiger partial charge is 0.431 e. The maximum atomic E-state index is 13.3. The van der Waals surface area contributed by atoms with Gasteiger partial charge in [0.15, 0.2) is 0 Å². The van der Waals surface area contributed by atoms with E-state index in [1.54, 1.807) is 0 Å². The van der Waals surface area contributed by atoms with Gasteiger partial charge in [0.2, 0.25) is 0 Å². The van der Waals surface area contributed by atoms with Crippen LogP contribution in [0.3, 0.4) is 0 Å². The highest BCUT2D eigenvalue weighted by Gasteiger charge is 2.35. The molecule has 0 aliphatic rings. The topological polar surface area (TPSA) is 81.3 Å². The fraction of sp³-hybridized carbons (Fsp3) is 0.154. The number of hydrogen-bond donors (Lipinski definition) is 1. The number of hydrogen-bond acceptors (Lipinski definition) is 3. The zero-order valence-corrected chi connectivity index (χ0v) is 11.4. The van der Waals surface area contributed by atoms with Crippen LogP contribution in [0.2, 0.25) is 0 Å². The van der Waals surface area contributed by atoms with Gasteiger partial charge < -0.3 is 5.11 Å². The molecule has 2 rings (SSSR count). The highest BCUT2D eigenvalue weighted by molar-refractivity contribution is 5.88. The molecule has 0 saturated heterocycles. The zero-order chi connectivity index (χ0) is 17.5. The van der Waals surface area contributed by atoms with Crippen LogP contribution in [0, 0.1) is 5.82 Å². The first-order chi connectivity index (χ1) is 10.5. The summed E-state index contributed by atoms with van der Waals surface area (Å²) in [6.45, 7) is 0. The predicted octanol–water partition coefficient (Wildman–Crippen LogP) is 1.39. The van der Waals surface area contributed by atoms with Gasteiger partial charge in [0.05, 0.1) is 11.3 Å². The molecule has 1 N–H and O–H groups in total. The summed E-state index contributed by atoms with van der Waals surface area (Å²) in [7, 11) is 0.808. The lowest BCUT2D eigenvalue weighted by Crippen LogP contribution is -2.40. The quantitative estimate of drug-likeness (QED) is 0.843. The van der Waals surface area contributed by atoms with E-state index >= 15 is 0 Å². The van der Waals surface area contributed by atoms with Crippen molar-refractivity contribution in [2.45, 2.75) is 6.18 Å². The average molecular weight is 332 g/mol. The number of rotatable bonds is 2. The summed E-state index contributed by atoms with van der Waals surface area (Å²) in [5, 5.41) is 8.82. The SMILES string of the molecule is Cn1c(C(F)(F)F)cc(=O)n(-c2ccc(F)c(C(=O)O)c2)c1=O. The van der Waals surface area contributed by atoms with Gasteiger partial charge in [-0.1, -0.05) is 0 Å². The lowest BCUT2D eigenvalue weighted by molar-refractivity contribution is -0.144. The highest BCUT2D eigenvalue weighted by Crippen LogP contribution is 2.27. The average Bonchev–Trinajstić information content (AvgIpc) is 2.43. The Labute approximate surface area is 124 Å². The van der Waals surface area contributed by atoms with Crippen molar-refractivity contribution < 1.29 is 27.5 Å². The van der Waals surface area contributed by atoms with Gasteiger partial charge in [0.25, 0.3) is 5.56 Å². The number of aromatic nitrogens is 2. The Bertz CT molecular complexity index is 912. The maximum Gasteiger partial charge on any atom is 0.431 e. The zero-order valence-electron chi connectivity index (χ0n) is 11.4. The van der Waals surface area contributed by atoms with Crippen LogP contribution in [0.5, 0.6) is 0 Å². The maximum absolute atomic E-state index is 13.3. The van der Waals surface area contributed by atoms with E-state index in [1.807, 2.05) is 0 Å². The van der Waals surface area contributed by atoms with Gasteiger partial charge in [-0.25, -0.2) is 18.5 Å². The van der Waals surface area contributed by atoms with Gasteiger partial charge in [-0.2, -0.15) is 13.2 Å². The van der Waals surface area contributed by atoms with Gasteiger partial charge in [-0.05, 0) is 18.2 Å². The van der Waals surface area contributed by atoms with Crippen molar-refractivity contribution in [3.8, 4) is 5.69 Å². The molecule has 0 radical (unpaired) electrons. The Morgan fingerprint density at radius 1 is 1.17 bits per heavy atom. The molecule has 0 aliphatic heterocycles. The lowest BCUT2D eigenvalue weighted by Gasteiger charge is -2.14. The normalized spacial score (nSPS) is 11.5. The Morgan fingerprint density at radius 2 is 1.78 bits per heavy atom. The van der Waals surface area contributed by atoms with E-state index in [1.165, 1.54) is 0 Å². The first-order valence-corrected chi connectivity index (χ1v) is 5.97. The predicted molar refractivity (Wildman–Crippen MR) is 69.2 cm³/mol. The minimum Gasteiger partial charge on any atom is -0.478 e. The number of halogens is 4. The summed E-state index contributed by atoms with van der Waals surface area (Å²) in [6.07, 6.45) is -4.92. The molecule has 1 aromatic carbocycles. The van der Waals surface area contributed by atoms with Crippen LogP contribution in [-0.4, -0.2) is 20.2 Å². The van der Waals surface area contributed by atoms with Crippen LogP contribution in [0.1, 0.15) is 16.1 Å². The minimum absolute atomic E-state index is 0.200. The van der Waals surface area contributed by atoms with Gasteiger partial charge in [0.1, 0.15) is 11.5 Å². The van der Waals surface area contributed by atoms with E-state index in [0.717, 1.165) is 13.1 Å². The fourth-order valence-corrected chi connectivity index (χ4v) is 1.95. The Hall–Kier alpha value is -2.91. The summed E-state index contributed by atoms with van der Waals surface area (Å²) >= 11 is 0. The molecule has 0 atom stereocenters. The summed E-state index contributed by atoms with van der Waals surface area (Å²) in [5.74, 6) is -2.76.